The number of nitrogens with zero attached hydrogens (tertiary/aromatic N) is 1. The van der Waals surface area contributed by atoms with Crippen LogP contribution in [0.25, 0.3) is 10.8 Å². The van der Waals surface area contributed by atoms with E-state index in [0.717, 1.165) is 10.8 Å². The highest BCUT2D eigenvalue weighted by molar-refractivity contribution is 5.96. The number of amides is 1. The third-order valence-corrected chi connectivity index (χ3v) is 4.07. The van der Waals surface area contributed by atoms with E-state index >= 15 is 0 Å². The van der Waals surface area contributed by atoms with Crippen molar-refractivity contribution in [3.8, 4) is 11.5 Å². The highest BCUT2D eigenvalue weighted by atomic mass is 16.6. The van der Waals surface area contributed by atoms with Gasteiger partial charge in [-0.05, 0) is 24.4 Å². The fraction of sp³-hybridized carbons (Fsp3) is 0.150. The summed E-state index contributed by atoms with van der Waals surface area (Å²) in [5.41, 5.74) is 0.0683. The van der Waals surface area contributed by atoms with Crippen LogP contribution in [0.3, 0.4) is 0 Å². The van der Waals surface area contributed by atoms with Crippen molar-refractivity contribution >= 4 is 28.1 Å². The maximum absolute atomic E-state index is 12.5. The van der Waals surface area contributed by atoms with Crippen molar-refractivity contribution in [2.45, 2.75) is 13.0 Å². The molecule has 138 valence electrons. The zero-order valence-corrected chi connectivity index (χ0v) is 14.8. The summed E-state index contributed by atoms with van der Waals surface area (Å²) in [6, 6.07) is 17.3. The SMILES string of the molecule is COc1ccc([N+](=O)[O-])cc1NC(=O)C(C)Oc1cccc2ccccc12. The van der Waals surface area contributed by atoms with E-state index in [2.05, 4.69) is 5.32 Å². The summed E-state index contributed by atoms with van der Waals surface area (Å²) in [6.07, 6.45) is -0.820. The number of methoxy groups -OCH3 is 1. The van der Waals surface area contributed by atoms with Crippen LogP contribution >= 0.6 is 0 Å². The number of nitrogens with one attached hydrogen (secondary N) is 1. The highest BCUT2D eigenvalue weighted by Crippen LogP contribution is 2.30. The van der Waals surface area contributed by atoms with Crippen molar-refractivity contribution < 1.29 is 19.2 Å². The first-order chi connectivity index (χ1) is 13.0. The molecule has 0 saturated carbocycles. The van der Waals surface area contributed by atoms with Gasteiger partial charge in [-0.15, -0.1) is 0 Å². The number of nitro groups is 1. The van der Waals surface area contributed by atoms with Gasteiger partial charge >= 0.3 is 0 Å². The Morgan fingerprint density at radius 1 is 1.07 bits per heavy atom. The van der Waals surface area contributed by atoms with Crippen LogP contribution in [0.5, 0.6) is 11.5 Å². The van der Waals surface area contributed by atoms with Crippen LogP contribution in [0.1, 0.15) is 6.92 Å². The molecule has 0 aromatic heterocycles. The van der Waals surface area contributed by atoms with Crippen molar-refractivity contribution in [2.75, 3.05) is 12.4 Å². The monoisotopic (exact) mass is 366 g/mol. The molecule has 0 fully saturated rings. The Morgan fingerprint density at radius 2 is 1.81 bits per heavy atom. The average Bonchev–Trinajstić information content (AvgIpc) is 2.68. The molecule has 0 bridgehead atoms. The van der Waals surface area contributed by atoms with Gasteiger partial charge in [0.1, 0.15) is 11.5 Å². The molecule has 7 heteroatoms. The van der Waals surface area contributed by atoms with Crippen LogP contribution in [-0.2, 0) is 4.79 Å². The molecule has 3 aromatic rings. The van der Waals surface area contributed by atoms with E-state index in [0.29, 0.717) is 11.5 Å². The van der Waals surface area contributed by atoms with Gasteiger partial charge in [0.15, 0.2) is 6.10 Å². The van der Waals surface area contributed by atoms with E-state index in [4.69, 9.17) is 9.47 Å². The zero-order chi connectivity index (χ0) is 19.4. The molecule has 0 heterocycles. The molecule has 0 aliphatic rings. The first kappa shape index (κ1) is 18.2. The Hall–Kier alpha value is -3.61. The molecule has 0 radical (unpaired) electrons. The predicted molar refractivity (Wildman–Crippen MR) is 102 cm³/mol. The number of carbonyl (C=O) groups excluding carboxylic acids is 1. The molecule has 7 nitrogen and oxygen atoms in total. The lowest BCUT2D eigenvalue weighted by molar-refractivity contribution is -0.384. The Morgan fingerprint density at radius 3 is 2.56 bits per heavy atom. The molecule has 0 spiro atoms. The summed E-state index contributed by atoms with van der Waals surface area (Å²) in [4.78, 5) is 23.0. The lowest BCUT2D eigenvalue weighted by atomic mass is 10.1. The number of rotatable bonds is 6. The Balaban J connectivity index is 1.80. The molecule has 1 atom stereocenters. The fourth-order valence-corrected chi connectivity index (χ4v) is 2.68. The number of fused-ring (bicyclic) bond motifs is 1. The second kappa shape index (κ2) is 7.74. The van der Waals surface area contributed by atoms with Crippen molar-refractivity contribution in [1.82, 2.24) is 0 Å². The van der Waals surface area contributed by atoms with Crippen LogP contribution in [0.15, 0.2) is 60.7 Å². The van der Waals surface area contributed by atoms with Crippen LogP contribution < -0.4 is 14.8 Å². The molecule has 1 N–H and O–H groups in total. The number of hydrogen-bond acceptors (Lipinski definition) is 5. The Bertz CT molecular complexity index is 997. The van der Waals surface area contributed by atoms with Crippen molar-refractivity contribution in [3.05, 3.63) is 70.8 Å². The number of hydrogen-bond donors (Lipinski definition) is 1. The number of nitro benzene ring substituents is 1. The summed E-state index contributed by atoms with van der Waals surface area (Å²) < 4.78 is 11.0. The third-order valence-electron chi connectivity index (χ3n) is 4.07. The average molecular weight is 366 g/mol. The lowest BCUT2D eigenvalue weighted by Gasteiger charge is -2.17. The molecular formula is C20H18N2O5. The maximum atomic E-state index is 12.5. The van der Waals surface area contributed by atoms with Crippen molar-refractivity contribution in [2.24, 2.45) is 0 Å². The van der Waals surface area contributed by atoms with Gasteiger partial charge in [-0.2, -0.15) is 0 Å². The van der Waals surface area contributed by atoms with E-state index in [1.165, 1.54) is 25.3 Å². The van der Waals surface area contributed by atoms with E-state index in [1.54, 1.807) is 13.0 Å². The maximum Gasteiger partial charge on any atom is 0.271 e. The summed E-state index contributed by atoms with van der Waals surface area (Å²) >= 11 is 0. The fourth-order valence-electron chi connectivity index (χ4n) is 2.68. The first-order valence-corrected chi connectivity index (χ1v) is 8.27. The van der Waals surface area contributed by atoms with E-state index in [9.17, 15) is 14.9 Å². The summed E-state index contributed by atoms with van der Waals surface area (Å²) in [5.74, 6) is 0.467. The van der Waals surface area contributed by atoms with Gasteiger partial charge in [-0.1, -0.05) is 36.4 Å². The molecule has 0 aliphatic heterocycles. The minimum atomic E-state index is -0.820. The molecule has 3 aromatic carbocycles. The largest absolute Gasteiger partial charge is 0.495 e. The van der Waals surface area contributed by atoms with Crippen molar-refractivity contribution in [1.29, 1.82) is 0 Å². The molecule has 0 saturated heterocycles. The molecule has 1 amide bonds. The summed E-state index contributed by atoms with van der Waals surface area (Å²) in [5, 5.41) is 15.5. The molecule has 3 rings (SSSR count). The third kappa shape index (κ3) is 3.98. The zero-order valence-electron chi connectivity index (χ0n) is 14.8. The van der Waals surface area contributed by atoms with Crippen LogP contribution in [-0.4, -0.2) is 24.0 Å². The van der Waals surface area contributed by atoms with E-state index in [-0.39, 0.29) is 11.4 Å². The van der Waals surface area contributed by atoms with Gasteiger partial charge in [0, 0.05) is 17.5 Å². The quantitative estimate of drug-likeness (QED) is 0.522. The van der Waals surface area contributed by atoms with Gasteiger partial charge in [-0.3, -0.25) is 14.9 Å². The predicted octanol–water partition coefficient (Wildman–Crippen LogP) is 4.16. The van der Waals surface area contributed by atoms with Gasteiger partial charge in [0.05, 0.1) is 17.7 Å². The standard InChI is InChI=1S/C20H18N2O5/c1-13(27-18-9-5-7-14-6-3-4-8-16(14)18)20(23)21-17-12-15(22(24)25)10-11-19(17)26-2/h3-13H,1-2H3,(H,21,23). The van der Waals surface area contributed by atoms with E-state index < -0.39 is 16.9 Å². The number of benzene rings is 3. The molecule has 0 aliphatic carbocycles. The number of non-ortho nitro benzene ring substituents is 1. The van der Waals surface area contributed by atoms with Gasteiger partial charge in [0.2, 0.25) is 0 Å². The highest BCUT2D eigenvalue weighted by Gasteiger charge is 2.19. The van der Waals surface area contributed by atoms with Crippen LogP contribution in [0.4, 0.5) is 11.4 Å². The number of carbonyl (C=O) groups is 1. The van der Waals surface area contributed by atoms with Gasteiger partial charge in [-0.25, -0.2) is 0 Å². The van der Waals surface area contributed by atoms with Crippen LogP contribution in [0, 0.1) is 10.1 Å². The summed E-state index contributed by atoms with van der Waals surface area (Å²) in [7, 11) is 1.42. The van der Waals surface area contributed by atoms with Crippen molar-refractivity contribution in [3.63, 3.8) is 0 Å². The Labute approximate surface area is 155 Å². The Kier molecular flexibility index (Phi) is 5.21. The normalized spacial score (nSPS) is 11.6. The van der Waals surface area contributed by atoms with Crippen LogP contribution in [0.2, 0.25) is 0 Å². The molecule has 27 heavy (non-hydrogen) atoms. The molecular weight excluding hydrogens is 348 g/mol. The number of anilines is 1. The lowest BCUT2D eigenvalue weighted by Crippen LogP contribution is -2.30. The van der Waals surface area contributed by atoms with Gasteiger partial charge < -0.3 is 14.8 Å². The van der Waals surface area contributed by atoms with E-state index in [1.807, 2.05) is 36.4 Å². The second-order valence-electron chi connectivity index (χ2n) is 5.87. The minimum Gasteiger partial charge on any atom is -0.495 e. The first-order valence-electron chi connectivity index (χ1n) is 8.27. The number of ether oxygens (including phenoxy) is 2. The summed E-state index contributed by atoms with van der Waals surface area (Å²) in [6.45, 7) is 1.61. The molecule has 1 unspecified atom stereocenters. The van der Waals surface area contributed by atoms with Gasteiger partial charge in [0.25, 0.3) is 11.6 Å². The topological polar surface area (TPSA) is 90.7 Å². The minimum absolute atomic E-state index is 0.145. The smallest absolute Gasteiger partial charge is 0.271 e. The second-order valence-corrected chi connectivity index (χ2v) is 5.87.